The van der Waals surface area contributed by atoms with Crippen LogP contribution in [0.1, 0.15) is 30.6 Å². The average molecular weight is 254 g/mol. The van der Waals surface area contributed by atoms with Gasteiger partial charge in [-0.25, -0.2) is 0 Å². The van der Waals surface area contributed by atoms with E-state index < -0.39 is 0 Å². The van der Waals surface area contributed by atoms with Crippen LogP contribution in [0.5, 0.6) is 0 Å². The van der Waals surface area contributed by atoms with E-state index in [9.17, 15) is 0 Å². The Labute approximate surface area is 106 Å². The minimum Gasteiger partial charge on any atom is -0.321 e. The van der Waals surface area contributed by atoms with Gasteiger partial charge in [0.05, 0.1) is 5.54 Å². The van der Waals surface area contributed by atoms with Gasteiger partial charge in [-0.2, -0.15) is 0 Å². The van der Waals surface area contributed by atoms with Crippen molar-refractivity contribution in [1.82, 2.24) is 0 Å². The van der Waals surface area contributed by atoms with Gasteiger partial charge in [0, 0.05) is 9.58 Å². The monoisotopic (exact) mass is 253 g/mol. The number of benzene rings is 1. The van der Waals surface area contributed by atoms with Crippen molar-refractivity contribution in [3.8, 4) is 0 Å². The van der Waals surface area contributed by atoms with Gasteiger partial charge in [0.2, 0.25) is 0 Å². The predicted octanol–water partition coefficient (Wildman–Crippen LogP) is 4.05. The van der Waals surface area contributed by atoms with E-state index in [1.54, 1.807) is 0 Å². The van der Waals surface area contributed by atoms with Crippen LogP contribution in [0, 0.1) is 0 Å². The summed E-state index contributed by atoms with van der Waals surface area (Å²) in [5, 5.41) is 1.34. The summed E-state index contributed by atoms with van der Waals surface area (Å²) in [6.07, 6.45) is 4.87. The molecular formula is C13H16ClNS. The molecule has 3 rings (SSSR count). The van der Waals surface area contributed by atoms with E-state index in [0.717, 1.165) is 12.8 Å². The van der Waals surface area contributed by atoms with Crippen molar-refractivity contribution in [3.05, 3.63) is 35.2 Å². The minimum atomic E-state index is -0.0241. The highest BCUT2D eigenvalue weighted by atomic mass is 35.5. The summed E-state index contributed by atoms with van der Waals surface area (Å²) in [7, 11) is 0. The zero-order valence-electron chi connectivity index (χ0n) is 9.11. The van der Waals surface area contributed by atoms with Crippen molar-refractivity contribution in [1.29, 1.82) is 0 Å². The first-order chi connectivity index (χ1) is 7.28. The van der Waals surface area contributed by atoms with Crippen molar-refractivity contribution in [3.63, 3.8) is 0 Å². The van der Waals surface area contributed by atoms with Crippen LogP contribution >= 0.6 is 23.7 Å². The first-order valence-electron chi connectivity index (χ1n) is 5.56. The fourth-order valence-corrected chi connectivity index (χ4v) is 3.70. The maximum absolute atomic E-state index is 6.45. The number of hydrogen-bond donors (Lipinski definition) is 1. The average Bonchev–Trinajstić information content (AvgIpc) is 2.84. The molecule has 2 N–H and O–H groups in total. The molecule has 1 heterocycles. The minimum absolute atomic E-state index is 0. The van der Waals surface area contributed by atoms with E-state index in [4.69, 9.17) is 5.73 Å². The predicted molar refractivity (Wildman–Crippen MR) is 73.4 cm³/mol. The zero-order chi connectivity index (χ0) is 10.3. The number of rotatable bonds is 1. The molecule has 16 heavy (non-hydrogen) atoms. The van der Waals surface area contributed by atoms with E-state index in [2.05, 4.69) is 30.3 Å². The normalized spacial score (nSPS) is 18.6. The largest absolute Gasteiger partial charge is 0.321 e. The molecule has 0 spiro atoms. The molecule has 0 radical (unpaired) electrons. The topological polar surface area (TPSA) is 26.0 Å². The van der Waals surface area contributed by atoms with Crippen molar-refractivity contribution in [2.75, 3.05) is 0 Å². The summed E-state index contributed by atoms with van der Waals surface area (Å²) in [5.41, 5.74) is 6.43. The molecule has 1 aromatic carbocycles. The Kier molecular flexibility index (Phi) is 3.24. The maximum Gasteiger partial charge on any atom is 0.0504 e. The lowest BCUT2D eigenvalue weighted by Gasteiger charge is -2.21. The van der Waals surface area contributed by atoms with Gasteiger partial charge < -0.3 is 5.73 Å². The second-order valence-corrected chi connectivity index (χ2v) is 5.60. The summed E-state index contributed by atoms with van der Waals surface area (Å²) < 4.78 is 1.37. The summed E-state index contributed by atoms with van der Waals surface area (Å²) in [4.78, 5) is 1.38. The summed E-state index contributed by atoms with van der Waals surface area (Å²) in [6.45, 7) is 0. The first-order valence-corrected chi connectivity index (χ1v) is 6.38. The first kappa shape index (κ1) is 11.9. The number of fused-ring (bicyclic) bond motifs is 1. The molecule has 0 unspecified atom stereocenters. The van der Waals surface area contributed by atoms with Crippen LogP contribution < -0.4 is 5.73 Å². The zero-order valence-corrected chi connectivity index (χ0v) is 10.7. The van der Waals surface area contributed by atoms with E-state index in [1.807, 2.05) is 11.3 Å². The Morgan fingerprint density at radius 2 is 1.81 bits per heavy atom. The fraction of sp³-hybridized carbons (Fsp3) is 0.385. The van der Waals surface area contributed by atoms with Gasteiger partial charge in [-0.3, -0.25) is 0 Å². The van der Waals surface area contributed by atoms with Crippen LogP contribution in [-0.4, -0.2) is 0 Å². The Bertz CT molecular complexity index is 452. The molecule has 0 aliphatic heterocycles. The van der Waals surface area contributed by atoms with Crippen molar-refractivity contribution >= 4 is 33.8 Å². The van der Waals surface area contributed by atoms with Crippen LogP contribution in [0.2, 0.25) is 0 Å². The lowest BCUT2D eigenvalue weighted by Crippen LogP contribution is -2.31. The van der Waals surface area contributed by atoms with Gasteiger partial charge in [0.1, 0.15) is 0 Å². The van der Waals surface area contributed by atoms with Crippen LogP contribution in [0.25, 0.3) is 10.1 Å². The number of thiophene rings is 1. The van der Waals surface area contributed by atoms with Gasteiger partial charge in [-0.15, -0.1) is 23.7 Å². The Hall–Kier alpha value is -0.570. The Morgan fingerprint density at radius 3 is 2.50 bits per heavy atom. The molecule has 1 aromatic heterocycles. The highest BCUT2D eigenvalue weighted by Gasteiger charge is 2.32. The molecule has 1 fully saturated rings. The van der Waals surface area contributed by atoms with Gasteiger partial charge in [0.25, 0.3) is 0 Å². The summed E-state index contributed by atoms with van der Waals surface area (Å²) in [5.74, 6) is 0. The van der Waals surface area contributed by atoms with Crippen molar-refractivity contribution in [2.24, 2.45) is 5.73 Å². The van der Waals surface area contributed by atoms with Crippen LogP contribution in [0.3, 0.4) is 0 Å². The second-order valence-electron chi connectivity index (χ2n) is 4.51. The lowest BCUT2D eigenvalue weighted by atomic mass is 9.97. The molecule has 86 valence electrons. The van der Waals surface area contributed by atoms with Crippen molar-refractivity contribution < 1.29 is 0 Å². The van der Waals surface area contributed by atoms with Crippen LogP contribution in [0.15, 0.2) is 30.3 Å². The maximum atomic E-state index is 6.45. The smallest absolute Gasteiger partial charge is 0.0504 e. The number of halogens is 1. The third-order valence-electron chi connectivity index (χ3n) is 3.41. The molecule has 1 saturated carbocycles. The van der Waals surface area contributed by atoms with Gasteiger partial charge >= 0.3 is 0 Å². The van der Waals surface area contributed by atoms with Gasteiger partial charge in [-0.05, 0) is 30.4 Å². The highest BCUT2D eigenvalue weighted by molar-refractivity contribution is 7.19. The Morgan fingerprint density at radius 1 is 1.12 bits per heavy atom. The summed E-state index contributed by atoms with van der Waals surface area (Å²) >= 11 is 1.87. The molecule has 0 amide bonds. The fourth-order valence-electron chi connectivity index (χ4n) is 2.48. The van der Waals surface area contributed by atoms with E-state index in [0.29, 0.717) is 0 Å². The number of nitrogens with two attached hydrogens (primary N) is 1. The van der Waals surface area contributed by atoms with Gasteiger partial charge in [-0.1, -0.05) is 31.0 Å². The number of hydrogen-bond acceptors (Lipinski definition) is 2. The van der Waals surface area contributed by atoms with Crippen molar-refractivity contribution in [2.45, 2.75) is 31.2 Å². The molecule has 1 nitrogen and oxygen atoms in total. The third-order valence-corrected chi connectivity index (χ3v) is 4.75. The molecular weight excluding hydrogens is 238 g/mol. The second kappa shape index (κ2) is 4.36. The van der Waals surface area contributed by atoms with Gasteiger partial charge in [0.15, 0.2) is 0 Å². The molecule has 1 aliphatic carbocycles. The van der Waals surface area contributed by atoms with E-state index in [-0.39, 0.29) is 17.9 Å². The quantitative estimate of drug-likeness (QED) is 0.815. The Balaban J connectivity index is 0.000000963. The molecule has 0 saturated heterocycles. The van der Waals surface area contributed by atoms with E-state index in [1.165, 1.54) is 27.8 Å². The SMILES string of the molecule is Cl.NC1(c2cc3ccccc3s2)CCCC1. The molecule has 1 aliphatic rings. The van der Waals surface area contributed by atoms with Crippen LogP contribution in [-0.2, 0) is 5.54 Å². The standard InChI is InChI=1S/C13H15NS.ClH/c14-13(7-3-4-8-13)12-9-10-5-1-2-6-11(10)15-12;/h1-2,5-6,9H,3-4,7-8,14H2;1H. The molecule has 0 atom stereocenters. The third kappa shape index (κ3) is 1.86. The summed E-state index contributed by atoms with van der Waals surface area (Å²) in [6, 6.07) is 10.8. The molecule has 0 bridgehead atoms. The lowest BCUT2D eigenvalue weighted by molar-refractivity contribution is 0.472. The molecule has 2 aromatic rings. The van der Waals surface area contributed by atoms with Crippen LogP contribution in [0.4, 0.5) is 0 Å². The highest BCUT2D eigenvalue weighted by Crippen LogP contribution is 2.41. The van der Waals surface area contributed by atoms with E-state index >= 15 is 0 Å². The molecule has 3 heteroatoms.